The molecule has 1 aliphatic heterocycles. The van der Waals surface area contributed by atoms with Crippen molar-refractivity contribution in [2.24, 2.45) is 17.0 Å². The topological polar surface area (TPSA) is 44.7 Å². The summed E-state index contributed by atoms with van der Waals surface area (Å²) < 4.78 is 0. The second-order valence-corrected chi connectivity index (χ2v) is 7.94. The Balaban J connectivity index is 0.000000310. The maximum atomic E-state index is 10.9. The van der Waals surface area contributed by atoms with Gasteiger partial charge in [-0.15, -0.1) is 4.91 Å². The molecule has 1 fully saturated rings. The van der Waals surface area contributed by atoms with Crippen LogP contribution in [0.1, 0.15) is 18.9 Å². The minimum Gasteiger partial charge on any atom is -0.341 e. The molecule has 4 heteroatoms. The van der Waals surface area contributed by atoms with Crippen LogP contribution in [0.3, 0.4) is 0 Å². The smallest absolute Gasteiger partial charge is 0.110 e. The van der Waals surface area contributed by atoms with Gasteiger partial charge in [-0.25, -0.2) is 0 Å². The third-order valence-electron chi connectivity index (χ3n) is 5.66. The highest BCUT2D eigenvalue weighted by Crippen LogP contribution is 2.30. The van der Waals surface area contributed by atoms with Crippen LogP contribution < -0.4 is 10.2 Å². The largest absolute Gasteiger partial charge is 0.341 e. The number of nitrogens with one attached hydrogen (secondary N) is 1. The quantitative estimate of drug-likeness (QED) is 0.482. The average Bonchev–Trinajstić information content (AvgIpc) is 3.20. The number of benzene rings is 3. The molecule has 0 radical (unpaired) electrons. The molecular weight excluding hydrogens is 370 g/mol. The lowest BCUT2D eigenvalue weighted by atomic mass is 9.94. The van der Waals surface area contributed by atoms with Crippen molar-refractivity contribution in [2.45, 2.75) is 20.3 Å². The summed E-state index contributed by atoms with van der Waals surface area (Å²) in [5, 5.41) is 6.54. The molecule has 3 aromatic carbocycles. The van der Waals surface area contributed by atoms with Gasteiger partial charge in [0.1, 0.15) is 5.69 Å². The van der Waals surface area contributed by atoms with Gasteiger partial charge < -0.3 is 10.2 Å². The second-order valence-electron chi connectivity index (χ2n) is 7.94. The van der Waals surface area contributed by atoms with E-state index in [1.165, 1.54) is 5.56 Å². The summed E-state index contributed by atoms with van der Waals surface area (Å²) in [5.41, 5.74) is 3.96. The van der Waals surface area contributed by atoms with Crippen LogP contribution in [0.15, 0.2) is 90.1 Å². The fourth-order valence-electron chi connectivity index (χ4n) is 3.81. The molecule has 0 spiro atoms. The maximum absolute atomic E-state index is 10.9. The Kier molecular flexibility index (Phi) is 8.16. The van der Waals surface area contributed by atoms with E-state index in [0.717, 1.165) is 43.3 Å². The first-order valence-corrected chi connectivity index (χ1v) is 10.7. The predicted molar refractivity (Wildman–Crippen MR) is 127 cm³/mol. The van der Waals surface area contributed by atoms with E-state index in [4.69, 9.17) is 0 Å². The maximum Gasteiger partial charge on any atom is 0.110 e. The van der Waals surface area contributed by atoms with Gasteiger partial charge in [-0.1, -0.05) is 67.1 Å². The Bertz CT molecular complexity index is 898. The summed E-state index contributed by atoms with van der Waals surface area (Å²) >= 11 is 0. The SMILES string of the molecule is CC1CNCC1CCN(c1ccccc1)c1cccc(N=O)c1.Cc1ccccc1. The molecule has 30 heavy (non-hydrogen) atoms. The van der Waals surface area contributed by atoms with Crippen LogP contribution in [-0.2, 0) is 0 Å². The fourth-order valence-corrected chi connectivity index (χ4v) is 3.81. The Hall–Kier alpha value is -2.98. The van der Waals surface area contributed by atoms with Crippen molar-refractivity contribution in [3.05, 3.63) is 95.4 Å². The lowest BCUT2D eigenvalue weighted by Gasteiger charge is -2.27. The van der Waals surface area contributed by atoms with E-state index < -0.39 is 0 Å². The van der Waals surface area contributed by atoms with E-state index in [1.54, 1.807) is 6.07 Å². The number of hydrogen-bond acceptors (Lipinski definition) is 4. The van der Waals surface area contributed by atoms with Crippen molar-refractivity contribution in [3.63, 3.8) is 0 Å². The number of anilines is 2. The molecule has 1 N–H and O–H groups in total. The Labute approximate surface area is 179 Å². The van der Waals surface area contributed by atoms with E-state index in [2.05, 4.69) is 53.5 Å². The van der Waals surface area contributed by atoms with Crippen LogP contribution in [-0.4, -0.2) is 19.6 Å². The second kappa shape index (κ2) is 11.3. The van der Waals surface area contributed by atoms with Gasteiger partial charge in [-0.05, 0) is 73.8 Å². The summed E-state index contributed by atoms with van der Waals surface area (Å²) in [7, 11) is 0. The molecule has 4 nitrogen and oxygen atoms in total. The highest BCUT2D eigenvalue weighted by molar-refractivity contribution is 5.66. The number of para-hydroxylation sites is 1. The van der Waals surface area contributed by atoms with E-state index in [9.17, 15) is 4.91 Å². The first kappa shape index (κ1) is 21.7. The lowest BCUT2D eigenvalue weighted by Crippen LogP contribution is -2.23. The minimum atomic E-state index is 0.472. The molecule has 3 aromatic rings. The number of hydrogen-bond donors (Lipinski definition) is 1. The minimum absolute atomic E-state index is 0.472. The molecule has 0 aromatic heterocycles. The Morgan fingerprint density at radius 1 is 0.900 bits per heavy atom. The van der Waals surface area contributed by atoms with Gasteiger partial charge in [0.15, 0.2) is 0 Å². The van der Waals surface area contributed by atoms with Crippen LogP contribution in [0.2, 0.25) is 0 Å². The van der Waals surface area contributed by atoms with Crippen LogP contribution in [0.25, 0.3) is 0 Å². The monoisotopic (exact) mass is 401 g/mol. The zero-order valence-corrected chi connectivity index (χ0v) is 17.9. The molecule has 0 amide bonds. The van der Waals surface area contributed by atoms with E-state index in [-0.39, 0.29) is 0 Å². The van der Waals surface area contributed by atoms with Gasteiger partial charge in [-0.2, -0.15) is 0 Å². The van der Waals surface area contributed by atoms with Crippen molar-refractivity contribution in [2.75, 3.05) is 24.5 Å². The molecule has 1 aliphatic rings. The average molecular weight is 402 g/mol. The summed E-state index contributed by atoms with van der Waals surface area (Å²) in [4.78, 5) is 13.1. The van der Waals surface area contributed by atoms with Gasteiger partial charge in [0.25, 0.3) is 0 Å². The van der Waals surface area contributed by atoms with Crippen molar-refractivity contribution in [1.29, 1.82) is 0 Å². The van der Waals surface area contributed by atoms with Crippen LogP contribution in [0, 0.1) is 23.7 Å². The summed E-state index contributed by atoms with van der Waals surface area (Å²) in [6.45, 7) is 7.54. The first-order valence-electron chi connectivity index (χ1n) is 10.7. The van der Waals surface area contributed by atoms with E-state index in [0.29, 0.717) is 11.6 Å². The Morgan fingerprint density at radius 2 is 1.57 bits per heavy atom. The third kappa shape index (κ3) is 6.26. The highest BCUT2D eigenvalue weighted by Gasteiger charge is 2.23. The van der Waals surface area contributed by atoms with Crippen molar-refractivity contribution in [3.8, 4) is 0 Å². The summed E-state index contributed by atoms with van der Waals surface area (Å²) in [6, 6.07) is 28.1. The molecule has 1 heterocycles. The van der Waals surface area contributed by atoms with Crippen LogP contribution in [0.4, 0.5) is 17.1 Å². The van der Waals surface area contributed by atoms with Gasteiger partial charge >= 0.3 is 0 Å². The molecular formula is C26H31N3O. The molecule has 4 rings (SSSR count). The van der Waals surface area contributed by atoms with Gasteiger partial charge in [0.05, 0.1) is 0 Å². The molecule has 0 aliphatic carbocycles. The molecule has 2 unspecified atom stereocenters. The van der Waals surface area contributed by atoms with Crippen LogP contribution in [0.5, 0.6) is 0 Å². The van der Waals surface area contributed by atoms with Gasteiger partial charge in [0, 0.05) is 17.9 Å². The Morgan fingerprint density at radius 3 is 2.13 bits per heavy atom. The first-order chi connectivity index (χ1) is 14.7. The highest BCUT2D eigenvalue weighted by atomic mass is 16.3. The number of nitroso groups, excluding NO2 is 1. The molecule has 1 saturated heterocycles. The van der Waals surface area contributed by atoms with Crippen molar-refractivity contribution >= 4 is 17.1 Å². The standard InChI is InChI=1S/C19H23N3O.C7H8/c1-15-13-20-14-16(15)10-11-22(18-7-3-2-4-8-18)19-9-5-6-17(12-19)21-23;1-7-5-3-2-4-6-7/h2-9,12,15-16,20H,10-11,13-14H2,1H3;2-6H,1H3. The van der Waals surface area contributed by atoms with E-state index in [1.807, 2.05) is 54.6 Å². The van der Waals surface area contributed by atoms with Gasteiger partial charge in [-0.3, -0.25) is 0 Å². The molecule has 0 bridgehead atoms. The normalized spacial score (nSPS) is 17.7. The number of rotatable bonds is 6. The molecule has 2 atom stereocenters. The molecule has 156 valence electrons. The summed E-state index contributed by atoms with van der Waals surface area (Å²) in [5.74, 6) is 1.42. The fraction of sp³-hybridized carbons (Fsp3) is 0.308. The summed E-state index contributed by atoms with van der Waals surface area (Å²) in [6.07, 6.45) is 1.13. The number of nitrogens with zero attached hydrogens (tertiary/aromatic N) is 2. The third-order valence-corrected chi connectivity index (χ3v) is 5.66. The van der Waals surface area contributed by atoms with Gasteiger partial charge in [0.2, 0.25) is 0 Å². The molecule has 0 saturated carbocycles. The van der Waals surface area contributed by atoms with Crippen molar-refractivity contribution < 1.29 is 0 Å². The lowest BCUT2D eigenvalue weighted by molar-refractivity contribution is 0.427. The zero-order chi connectivity index (χ0) is 21.2. The predicted octanol–water partition coefficient (Wildman–Crippen LogP) is 6.46. The zero-order valence-electron chi connectivity index (χ0n) is 17.9. The van der Waals surface area contributed by atoms with Crippen LogP contribution >= 0.6 is 0 Å². The van der Waals surface area contributed by atoms with E-state index >= 15 is 0 Å². The van der Waals surface area contributed by atoms with Crippen molar-refractivity contribution in [1.82, 2.24) is 5.32 Å². The number of aryl methyl sites for hydroxylation is 1.